The van der Waals surface area contributed by atoms with E-state index in [1.54, 1.807) is 30.3 Å². The molecule has 0 saturated heterocycles. The fourth-order valence-corrected chi connectivity index (χ4v) is 4.79. The minimum Gasteiger partial charge on any atom is -0.355 e. The predicted molar refractivity (Wildman–Crippen MR) is 143 cm³/mol. The lowest BCUT2D eigenvalue weighted by molar-refractivity contribution is -0.140. The highest BCUT2D eigenvalue weighted by Gasteiger charge is 2.32. The van der Waals surface area contributed by atoms with Gasteiger partial charge in [0.2, 0.25) is 21.8 Å². The van der Waals surface area contributed by atoms with Gasteiger partial charge in [0.05, 0.1) is 11.9 Å². The first-order valence-electron chi connectivity index (χ1n) is 11.9. The van der Waals surface area contributed by atoms with Gasteiger partial charge in [-0.05, 0) is 37.1 Å². The summed E-state index contributed by atoms with van der Waals surface area (Å²) in [6.45, 7) is 3.96. The maximum Gasteiger partial charge on any atom is 0.244 e. The van der Waals surface area contributed by atoms with E-state index in [1.807, 2.05) is 68.4 Å². The Morgan fingerprint density at radius 2 is 1.44 bits per heavy atom. The number of aryl methyl sites for hydroxylation is 1. The average molecular weight is 508 g/mol. The molecule has 3 aromatic carbocycles. The maximum absolute atomic E-state index is 13.8. The number of anilines is 1. The third kappa shape index (κ3) is 7.42. The summed E-state index contributed by atoms with van der Waals surface area (Å²) in [6, 6.07) is 24.9. The van der Waals surface area contributed by atoms with Crippen molar-refractivity contribution in [3.63, 3.8) is 0 Å². The molecule has 0 spiro atoms. The predicted octanol–water partition coefficient (Wildman–Crippen LogP) is 3.54. The number of hydrogen-bond acceptors (Lipinski definition) is 4. The summed E-state index contributed by atoms with van der Waals surface area (Å²) in [7, 11) is -3.75. The lowest BCUT2D eigenvalue weighted by atomic mass is 10.0. The van der Waals surface area contributed by atoms with Crippen LogP contribution < -0.4 is 9.62 Å². The highest BCUT2D eigenvalue weighted by Crippen LogP contribution is 2.20. The molecule has 8 heteroatoms. The monoisotopic (exact) mass is 507 g/mol. The van der Waals surface area contributed by atoms with E-state index >= 15 is 0 Å². The smallest absolute Gasteiger partial charge is 0.244 e. The van der Waals surface area contributed by atoms with Gasteiger partial charge >= 0.3 is 0 Å². The second-order valence-electron chi connectivity index (χ2n) is 8.71. The van der Waals surface area contributed by atoms with E-state index in [0.717, 1.165) is 27.3 Å². The molecule has 190 valence electrons. The largest absolute Gasteiger partial charge is 0.355 e. The summed E-state index contributed by atoms with van der Waals surface area (Å²) in [5.41, 5.74) is 3.22. The van der Waals surface area contributed by atoms with E-state index in [0.29, 0.717) is 18.7 Å². The fourth-order valence-electron chi connectivity index (χ4n) is 3.94. The Balaban J connectivity index is 2.01. The van der Waals surface area contributed by atoms with Crippen LogP contribution in [-0.2, 0) is 32.6 Å². The summed E-state index contributed by atoms with van der Waals surface area (Å²) in [5, 5.41) is 2.85. The molecule has 7 nitrogen and oxygen atoms in total. The van der Waals surface area contributed by atoms with Crippen molar-refractivity contribution in [1.29, 1.82) is 0 Å². The molecule has 1 atom stereocenters. The first-order valence-corrected chi connectivity index (χ1v) is 13.7. The molecule has 0 aliphatic heterocycles. The number of carbonyl (C=O) groups excluding carboxylic acids is 2. The number of carbonyl (C=O) groups is 2. The molecule has 3 aromatic rings. The average Bonchev–Trinajstić information content (AvgIpc) is 2.86. The molecular formula is C28H33N3O4S. The maximum atomic E-state index is 13.8. The number of hydrogen-bond donors (Lipinski definition) is 1. The van der Waals surface area contributed by atoms with Gasteiger partial charge in [0.1, 0.15) is 12.6 Å². The molecule has 2 amide bonds. The van der Waals surface area contributed by atoms with Gasteiger partial charge in [0, 0.05) is 19.5 Å². The molecule has 0 radical (unpaired) electrons. The molecule has 0 aromatic heterocycles. The normalized spacial score (nSPS) is 12.0. The second kappa shape index (κ2) is 12.4. The molecule has 0 heterocycles. The van der Waals surface area contributed by atoms with E-state index in [1.165, 1.54) is 4.90 Å². The van der Waals surface area contributed by atoms with Crippen molar-refractivity contribution in [1.82, 2.24) is 10.2 Å². The summed E-state index contributed by atoms with van der Waals surface area (Å²) in [6.07, 6.45) is 1.37. The molecule has 0 aliphatic rings. The van der Waals surface area contributed by atoms with Crippen molar-refractivity contribution in [2.24, 2.45) is 0 Å². The van der Waals surface area contributed by atoms with Gasteiger partial charge in [-0.2, -0.15) is 0 Å². The minimum absolute atomic E-state index is 0.167. The lowest BCUT2D eigenvalue weighted by Gasteiger charge is -2.33. The van der Waals surface area contributed by atoms with Crippen LogP contribution >= 0.6 is 0 Å². The molecular weight excluding hydrogens is 474 g/mol. The SMILES string of the molecule is CCNC(=O)[C@H](Cc1ccccc1)N(Cc1ccc(C)cc1)C(=O)CN(c1ccccc1)S(C)(=O)=O. The van der Waals surface area contributed by atoms with Gasteiger partial charge in [0.25, 0.3) is 0 Å². The van der Waals surface area contributed by atoms with Crippen molar-refractivity contribution in [3.05, 3.63) is 102 Å². The third-order valence-corrected chi connectivity index (χ3v) is 6.96. The van der Waals surface area contributed by atoms with Crippen molar-refractivity contribution in [3.8, 4) is 0 Å². The number of rotatable bonds is 11. The van der Waals surface area contributed by atoms with Gasteiger partial charge in [-0.1, -0.05) is 78.4 Å². The molecule has 0 bridgehead atoms. The quantitative estimate of drug-likeness (QED) is 0.430. The van der Waals surface area contributed by atoms with Crippen LogP contribution in [0.2, 0.25) is 0 Å². The van der Waals surface area contributed by atoms with Crippen molar-refractivity contribution in [2.45, 2.75) is 32.9 Å². The minimum atomic E-state index is -3.75. The Morgan fingerprint density at radius 3 is 2.00 bits per heavy atom. The highest BCUT2D eigenvalue weighted by molar-refractivity contribution is 7.92. The van der Waals surface area contributed by atoms with Gasteiger partial charge in [-0.15, -0.1) is 0 Å². The standard InChI is InChI=1S/C28H33N3O4S/c1-4-29-28(33)26(19-23-11-7-5-8-12-23)30(20-24-17-15-22(2)16-18-24)27(32)21-31(36(3,34)35)25-13-9-6-10-14-25/h5-18,26H,4,19-21H2,1-3H3,(H,29,33)/t26-/m0/s1. The van der Waals surface area contributed by atoms with E-state index in [4.69, 9.17) is 0 Å². The fraction of sp³-hybridized carbons (Fsp3) is 0.286. The van der Waals surface area contributed by atoms with Crippen LogP contribution in [0.4, 0.5) is 5.69 Å². The first-order chi connectivity index (χ1) is 17.2. The molecule has 36 heavy (non-hydrogen) atoms. The Labute approximate surface area is 213 Å². The summed E-state index contributed by atoms with van der Waals surface area (Å²) in [4.78, 5) is 28.6. The molecule has 0 unspecified atom stereocenters. The number of sulfonamides is 1. The molecule has 3 rings (SSSR count). The lowest BCUT2D eigenvalue weighted by Crippen LogP contribution is -2.53. The van der Waals surface area contributed by atoms with E-state index < -0.39 is 28.5 Å². The van der Waals surface area contributed by atoms with Crippen LogP contribution in [0, 0.1) is 6.92 Å². The van der Waals surface area contributed by atoms with Gasteiger partial charge in [0.15, 0.2) is 0 Å². The molecule has 1 N–H and O–H groups in total. The number of nitrogens with zero attached hydrogens (tertiary/aromatic N) is 2. The topological polar surface area (TPSA) is 86.8 Å². The second-order valence-corrected chi connectivity index (χ2v) is 10.6. The van der Waals surface area contributed by atoms with Crippen molar-refractivity contribution >= 4 is 27.5 Å². The van der Waals surface area contributed by atoms with Crippen LogP contribution in [0.1, 0.15) is 23.6 Å². The number of nitrogens with one attached hydrogen (secondary N) is 1. The van der Waals surface area contributed by atoms with Crippen LogP contribution in [-0.4, -0.2) is 50.5 Å². The van der Waals surface area contributed by atoms with Crippen molar-refractivity contribution < 1.29 is 18.0 Å². The molecule has 0 aliphatic carbocycles. The van der Waals surface area contributed by atoms with Crippen molar-refractivity contribution in [2.75, 3.05) is 23.7 Å². The number of likely N-dealkylation sites (N-methyl/N-ethyl adjacent to an activating group) is 1. The summed E-state index contributed by atoms with van der Waals surface area (Å²) in [5.74, 6) is -0.746. The van der Waals surface area contributed by atoms with Gasteiger partial charge in [-0.25, -0.2) is 8.42 Å². The Hall–Kier alpha value is -3.65. The zero-order valence-corrected chi connectivity index (χ0v) is 21.7. The Bertz CT molecular complexity index is 1250. The molecule has 0 fully saturated rings. The van der Waals surface area contributed by atoms with Crippen LogP contribution in [0.5, 0.6) is 0 Å². The highest BCUT2D eigenvalue weighted by atomic mass is 32.2. The number of amides is 2. The van der Waals surface area contributed by atoms with E-state index in [2.05, 4.69) is 5.32 Å². The van der Waals surface area contributed by atoms with Crippen LogP contribution in [0.3, 0.4) is 0 Å². The zero-order valence-electron chi connectivity index (χ0n) is 20.9. The Morgan fingerprint density at radius 1 is 0.861 bits per heavy atom. The van der Waals surface area contributed by atoms with E-state index in [9.17, 15) is 18.0 Å². The zero-order chi connectivity index (χ0) is 26.1. The van der Waals surface area contributed by atoms with Crippen LogP contribution in [0.25, 0.3) is 0 Å². The number of para-hydroxylation sites is 1. The van der Waals surface area contributed by atoms with E-state index in [-0.39, 0.29) is 12.5 Å². The Kier molecular flexibility index (Phi) is 9.25. The number of benzene rings is 3. The summed E-state index contributed by atoms with van der Waals surface area (Å²) < 4.78 is 26.4. The summed E-state index contributed by atoms with van der Waals surface area (Å²) >= 11 is 0. The van der Waals surface area contributed by atoms with Gasteiger partial charge < -0.3 is 10.2 Å². The third-order valence-electron chi connectivity index (χ3n) is 5.82. The van der Waals surface area contributed by atoms with Gasteiger partial charge in [-0.3, -0.25) is 13.9 Å². The molecule has 0 saturated carbocycles. The first kappa shape index (κ1) is 26.9. The van der Waals surface area contributed by atoms with Crippen LogP contribution in [0.15, 0.2) is 84.9 Å².